The van der Waals surface area contributed by atoms with Crippen LogP contribution in [0.25, 0.3) is 0 Å². The maximum atomic E-state index is 6.26. The third-order valence-corrected chi connectivity index (χ3v) is 4.43. The molecule has 3 heteroatoms. The molecular weight excluding hydrogens is 262 g/mol. The highest BCUT2D eigenvalue weighted by Crippen LogP contribution is 2.33. The van der Waals surface area contributed by atoms with E-state index in [1.54, 1.807) is 11.3 Å². The van der Waals surface area contributed by atoms with Crippen LogP contribution in [0.4, 0.5) is 0 Å². The lowest BCUT2D eigenvalue weighted by Gasteiger charge is -2.18. The zero-order valence-corrected chi connectivity index (χ0v) is 12.3. The van der Waals surface area contributed by atoms with Gasteiger partial charge in [-0.3, -0.25) is 0 Å². The van der Waals surface area contributed by atoms with Gasteiger partial charge in [-0.05, 0) is 35.5 Å². The molecule has 0 amide bonds. The number of benzene rings is 1. The van der Waals surface area contributed by atoms with Gasteiger partial charge in [-0.2, -0.15) is 0 Å². The number of rotatable bonds is 5. The molecule has 1 aromatic carbocycles. The zero-order valence-electron chi connectivity index (χ0n) is 10.7. The molecule has 2 aromatic rings. The van der Waals surface area contributed by atoms with Gasteiger partial charge in [0.05, 0.1) is 11.1 Å². The van der Waals surface area contributed by atoms with Crippen LogP contribution in [0.15, 0.2) is 35.7 Å². The van der Waals surface area contributed by atoms with Crippen molar-refractivity contribution in [3.05, 3.63) is 56.7 Å². The Morgan fingerprint density at radius 2 is 2.11 bits per heavy atom. The molecule has 2 rings (SSSR count). The van der Waals surface area contributed by atoms with Crippen molar-refractivity contribution in [2.24, 2.45) is 0 Å². The third-order valence-electron chi connectivity index (χ3n) is 3.01. The Hall–Kier alpha value is -0.830. The van der Waals surface area contributed by atoms with Gasteiger partial charge in [-0.15, -0.1) is 11.3 Å². The first-order chi connectivity index (χ1) is 8.76. The Balaban J connectivity index is 2.38. The Morgan fingerprint density at radius 1 is 1.28 bits per heavy atom. The molecule has 1 atom stereocenters. The predicted molar refractivity (Wildman–Crippen MR) is 80.7 cm³/mol. The second kappa shape index (κ2) is 6.37. The lowest BCUT2D eigenvalue weighted by molar-refractivity contribution is 0.639. The first kappa shape index (κ1) is 13.6. The number of hydrogen-bond donors (Lipinski definition) is 1. The predicted octanol–water partition coefficient (Wildman–Crippen LogP) is 4.66. The van der Waals surface area contributed by atoms with E-state index in [-0.39, 0.29) is 6.04 Å². The van der Waals surface area contributed by atoms with Crippen LogP contribution in [0.2, 0.25) is 5.02 Å². The minimum Gasteiger partial charge on any atom is -0.306 e. The fourth-order valence-corrected chi connectivity index (χ4v) is 3.34. The van der Waals surface area contributed by atoms with Crippen LogP contribution in [-0.4, -0.2) is 6.54 Å². The summed E-state index contributed by atoms with van der Waals surface area (Å²) in [5.41, 5.74) is 2.66. The molecule has 0 fully saturated rings. The smallest absolute Gasteiger partial charge is 0.0686 e. The summed E-state index contributed by atoms with van der Waals surface area (Å²) in [4.78, 5) is 1.20. The van der Waals surface area contributed by atoms with E-state index >= 15 is 0 Å². The van der Waals surface area contributed by atoms with E-state index in [1.807, 2.05) is 11.4 Å². The molecule has 1 nitrogen and oxygen atoms in total. The molecule has 18 heavy (non-hydrogen) atoms. The van der Waals surface area contributed by atoms with Crippen LogP contribution >= 0.6 is 22.9 Å². The van der Waals surface area contributed by atoms with Crippen LogP contribution in [-0.2, 0) is 6.42 Å². The monoisotopic (exact) mass is 279 g/mol. The van der Waals surface area contributed by atoms with E-state index in [1.165, 1.54) is 16.0 Å². The van der Waals surface area contributed by atoms with Gasteiger partial charge >= 0.3 is 0 Å². The van der Waals surface area contributed by atoms with Gasteiger partial charge in [0.2, 0.25) is 0 Å². The van der Waals surface area contributed by atoms with Gasteiger partial charge < -0.3 is 5.32 Å². The van der Waals surface area contributed by atoms with Gasteiger partial charge in [-0.25, -0.2) is 0 Å². The molecule has 0 aliphatic carbocycles. The summed E-state index contributed by atoms with van der Waals surface area (Å²) < 4.78 is 0. The van der Waals surface area contributed by atoms with Gasteiger partial charge in [0.1, 0.15) is 0 Å². The molecule has 0 radical (unpaired) electrons. The third kappa shape index (κ3) is 2.94. The van der Waals surface area contributed by atoms with Crippen molar-refractivity contribution < 1.29 is 0 Å². The molecule has 0 spiro atoms. The molecular formula is C15H18ClNS. The van der Waals surface area contributed by atoms with E-state index in [2.05, 4.69) is 43.4 Å². The summed E-state index contributed by atoms with van der Waals surface area (Å²) in [6.07, 6.45) is 1.06. The molecule has 0 saturated carbocycles. The number of nitrogens with one attached hydrogen (secondary N) is 1. The maximum Gasteiger partial charge on any atom is 0.0686 e. The van der Waals surface area contributed by atoms with Crippen molar-refractivity contribution >= 4 is 22.9 Å². The van der Waals surface area contributed by atoms with E-state index in [4.69, 9.17) is 11.6 Å². The van der Waals surface area contributed by atoms with Gasteiger partial charge in [0.25, 0.3) is 0 Å². The molecule has 0 saturated heterocycles. The standard InChI is InChI=1S/C15H18ClNS/c1-3-11-6-5-7-12(10-11)14(17-4-2)15-13(16)8-9-18-15/h5-10,14,17H,3-4H2,1-2H3. The Labute approximate surface area is 118 Å². The topological polar surface area (TPSA) is 12.0 Å². The summed E-state index contributed by atoms with van der Waals surface area (Å²) in [6, 6.07) is 10.9. The van der Waals surface area contributed by atoms with Gasteiger partial charge in [0.15, 0.2) is 0 Å². The van der Waals surface area contributed by atoms with Crippen LogP contribution in [0, 0.1) is 0 Å². The van der Waals surface area contributed by atoms with Crippen molar-refractivity contribution in [2.75, 3.05) is 6.54 Å². The van der Waals surface area contributed by atoms with Crippen LogP contribution in [0.1, 0.15) is 35.9 Å². The minimum absolute atomic E-state index is 0.203. The average Bonchev–Trinajstić information content (AvgIpc) is 2.82. The SMILES string of the molecule is CCNC(c1cccc(CC)c1)c1sccc1Cl. The van der Waals surface area contributed by atoms with Crippen LogP contribution in [0.3, 0.4) is 0 Å². The highest BCUT2D eigenvalue weighted by molar-refractivity contribution is 7.10. The van der Waals surface area contributed by atoms with Crippen molar-refractivity contribution in [2.45, 2.75) is 26.3 Å². The summed E-state index contributed by atoms with van der Waals surface area (Å²) in [5, 5.41) is 6.42. The fourth-order valence-electron chi connectivity index (χ4n) is 2.07. The minimum atomic E-state index is 0.203. The van der Waals surface area contributed by atoms with Crippen molar-refractivity contribution in [3.63, 3.8) is 0 Å². The Kier molecular flexibility index (Phi) is 4.81. The molecule has 1 heterocycles. The molecule has 0 aliphatic rings. The first-order valence-corrected chi connectivity index (χ1v) is 7.57. The maximum absolute atomic E-state index is 6.26. The molecule has 1 N–H and O–H groups in total. The lowest BCUT2D eigenvalue weighted by atomic mass is 10.0. The number of aryl methyl sites for hydroxylation is 1. The number of halogens is 1. The summed E-state index contributed by atoms with van der Waals surface area (Å²) in [7, 11) is 0. The van der Waals surface area contributed by atoms with Gasteiger partial charge in [-0.1, -0.05) is 49.7 Å². The number of hydrogen-bond acceptors (Lipinski definition) is 2. The number of thiophene rings is 1. The van der Waals surface area contributed by atoms with Crippen molar-refractivity contribution in [1.82, 2.24) is 5.32 Å². The van der Waals surface area contributed by atoms with E-state index < -0.39 is 0 Å². The normalized spacial score (nSPS) is 12.6. The fraction of sp³-hybridized carbons (Fsp3) is 0.333. The molecule has 1 aromatic heterocycles. The van der Waals surface area contributed by atoms with Crippen LogP contribution < -0.4 is 5.32 Å². The van der Waals surface area contributed by atoms with E-state index in [9.17, 15) is 0 Å². The van der Waals surface area contributed by atoms with E-state index in [0.717, 1.165) is 18.0 Å². The highest BCUT2D eigenvalue weighted by atomic mass is 35.5. The Bertz CT molecular complexity index is 507. The highest BCUT2D eigenvalue weighted by Gasteiger charge is 2.17. The van der Waals surface area contributed by atoms with Crippen molar-refractivity contribution in [1.29, 1.82) is 0 Å². The second-order valence-electron chi connectivity index (χ2n) is 4.22. The zero-order chi connectivity index (χ0) is 13.0. The summed E-state index contributed by atoms with van der Waals surface area (Å²) >= 11 is 7.98. The second-order valence-corrected chi connectivity index (χ2v) is 5.58. The Morgan fingerprint density at radius 3 is 2.72 bits per heavy atom. The molecule has 1 unspecified atom stereocenters. The van der Waals surface area contributed by atoms with Gasteiger partial charge in [0, 0.05) is 4.88 Å². The van der Waals surface area contributed by atoms with E-state index in [0.29, 0.717) is 0 Å². The molecule has 0 aliphatic heterocycles. The van der Waals surface area contributed by atoms with Crippen molar-refractivity contribution in [3.8, 4) is 0 Å². The summed E-state index contributed by atoms with van der Waals surface area (Å²) in [5.74, 6) is 0. The largest absolute Gasteiger partial charge is 0.306 e. The average molecular weight is 280 g/mol. The summed E-state index contributed by atoms with van der Waals surface area (Å²) in [6.45, 7) is 5.23. The first-order valence-electron chi connectivity index (χ1n) is 6.31. The van der Waals surface area contributed by atoms with Crippen LogP contribution in [0.5, 0.6) is 0 Å². The molecule has 0 bridgehead atoms. The lowest BCUT2D eigenvalue weighted by Crippen LogP contribution is -2.21. The molecule has 96 valence electrons. The quantitative estimate of drug-likeness (QED) is 0.839.